The van der Waals surface area contributed by atoms with Crippen molar-refractivity contribution >= 4 is 62.3 Å². The Labute approximate surface area is 297 Å². The van der Waals surface area contributed by atoms with Crippen LogP contribution in [-0.4, -0.2) is 43.8 Å². The fraction of sp³-hybridized carbons (Fsp3) is 0.297. The lowest BCUT2D eigenvalue weighted by atomic mass is 9.94. The maximum absolute atomic E-state index is 14.7. The molecule has 1 aliphatic carbocycles. The summed E-state index contributed by atoms with van der Waals surface area (Å²) < 4.78 is 29.5. The van der Waals surface area contributed by atoms with Crippen molar-refractivity contribution in [2.45, 2.75) is 69.0 Å². The molecule has 0 heterocycles. The Morgan fingerprint density at radius 2 is 1.48 bits per heavy atom. The summed E-state index contributed by atoms with van der Waals surface area (Å²) in [5.74, 6) is -0.845. The summed E-state index contributed by atoms with van der Waals surface area (Å²) in [4.78, 5) is 30.4. The minimum absolute atomic E-state index is 0.00614. The zero-order chi connectivity index (χ0) is 34.3. The van der Waals surface area contributed by atoms with Gasteiger partial charge < -0.3 is 10.2 Å². The minimum atomic E-state index is -4.27. The molecule has 1 N–H and O–H groups in total. The number of carbonyl (C=O) groups is 2. The van der Waals surface area contributed by atoms with E-state index >= 15 is 0 Å². The largest absolute Gasteiger partial charge is 0.352 e. The van der Waals surface area contributed by atoms with E-state index in [4.69, 9.17) is 34.8 Å². The summed E-state index contributed by atoms with van der Waals surface area (Å²) in [6.45, 7) is 1.31. The van der Waals surface area contributed by atoms with Gasteiger partial charge in [-0.25, -0.2) is 8.42 Å². The van der Waals surface area contributed by atoms with Crippen LogP contribution >= 0.6 is 34.8 Å². The molecule has 1 saturated carbocycles. The molecule has 11 heteroatoms. The van der Waals surface area contributed by atoms with Crippen LogP contribution in [0.25, 0.3) is 0 Å². The monoisotopic (exact) mass is 725 g/mol. The van der Waals surface area contributed by atoms with Crippen LogP contribution in [0.2, 0.25) is 15.1 Å². The second-order valence-electron chi connectivity index (χ2n) is 12.1. The number of halogens is 3. The van der Waals surface area contributed by atoms with Crippen LogP contribution in [-0.2, 0) is 32.6 Å². The minimum Gasteiger partial charge on any atom is -0.352 e. The summed E-state index contributed by atoms with van der Waals surface area (Å²) in [7, 11) is -4.27. The predicted molar refractivity (Wildman–Crippen MR) is 193 cm³/mol. The van der Waals surface area contributed by atoms with Crippen molar-refractivity contribution in [2.24, 2.45) is 0 Å². The first-order chi connectivity index (χ1) is 23.0. The first-order valence-electron chi connectivity index (χ1n) is 15.9. The van der Waals surface area contributed by atoms with Crippen molar-refractivity contribution in [1.29, 1.82) is 0 Å². The Bertz CT molecular complexity index is 1820. The Morgan fingerprint density at radius 1 is 0.812 bits per heavy atom. The number of rotatable bonds is 12. The zero-order valence-electron chi connectivity index (χ0n) is 26.6. The van der Waals surface area contributed by atoms with E-state index in [-0.39, 0.29) is 45.5 Å². The molecule has 252 valence electrons. The van der Waals surface area contributed by atoms with Crippen LogP contribution in [0.3, 0.4) is 0 Å². The molecule has 1 aliphatic rings. The number of hydrogen-bond acceptors (Lipinski definition) is 4. The molecule has 4 aromatic carbocycles. The number of nitrogens with zero attached hydrogens (tertiary/aromatic N) is 2. The molecule has 7 nitrogen and oxygen atoms in total. The van der Waals surface area contributed by atoms with Crippen molar-refractivity contribution in [3.63, 3.8) is 0 Å². The fourth-order valence-electron chi connectivity index (χ4n) is 5.89. The summed E-state index contributed by atoms with van der Waals surface area (Å²) in [5, 5.41) is 4.12. The van der Waals surface area contributed by atoms with Crippen molar-refractivity contribution in [3.8, 4) is 0 Å². The second kappa shape index (κ2) is 16.2. The molecule has 2 amide bonds. The number of aryl methyl sites for hydroxylation is 1. The molecule has 5 rings (SSSR count). The predicted octanol–water partition coefficient (Wildman–Crippen LogP) is 8.24. The van der Waals surface area contributed by atoms with E-state index in [1.807, 2.05) is 37.3 Å². The lowest BCUT2D eigenvalue weighted by molar-refractivity contribution is -0.140. The number of anilines is 1. The van der Waals surface area contributed by atoms with Gasteiger partial charge in [-0.2, -0.15) is 0 Å². The SMILES string of the molecule is Cc1ccc(S(=O)(=O)N(CC(=O)N(Cc2ccc(Cl)cc2)[C@@H](Cc2ccccc2)C(=O)NC2CCCCC2)c2ccc(Cl)c(Cl)c2)cc1. The van der Waals surface area contributed by atoms with Crippen molar-refractivity contribution in [1.82, 2.24) is 10.2 Å². The standard InChI is InChI=1S/C37H38Cl3N3O4S/c1-26-12-19-32(20-13-26)48(46,47)43(31-18-21-33(39)34(40)23-31)25-36(44)42(24-28-14-16-29(38)17-15-28)35(22-27-8-4-2-5-9-27)37(45)41-30-10-6-3-7-11-30/h2,4-5,8-9,12-21,23,30,35H,3,6-7,10-11,22,24-25H2,1H3,(H,41,45)/t35-/m0/s1. The van der Waals surface area contributed by atoms with Crippen LogP contribution in [0.4, 0.5) is 5.69 Å². The molecular formula is C37H38Cl3N3O4S. The van der Waals surface area contributed by atoms with E-state index in [9.17, 15) is 18.0 Å². The van der Waals surface area contributed by atoms with Crippen LogP contribution in [0.5, 0.6) is 0 Å². The third kappa shape index (κ3) is 9.11. The molecule has 0 radical (unpaired) electrons. The van der Waals surface area contributed by atoms with Gasteiger partial charge in [-0.05, 0) is 73.4 Å². The van der Waals surface area contributed by atoms with Crippen molar-refractivity contribution in [3.05, 3.63) is 129 Å². The summed E-state index contributed by atoms with van der Waals surface area (Å²) >= 11 is 18.7. The molecule has 0 saturated heterocycles. The van der Waals surface area contributed by atoms with E-state index in [1.165, 1.54) is 35.2 Å². The fourth-order valence-corrected chi connectivity index (χ4v) is 7.72. The van der Waals surface area contributed by atoms with Gasteiger partial charge in [0, 0.05) is 24.0 Å². The number of nitrogens with one attached hydrogen (secondary N) is 1. The van der Waals surface area contributed by atoms with Crippen LogP contribution in [0, 0.1) is 6.92 Å². The van der Waals surface area contributed by atoms with Gasteiger partial charge >= 0.3 is 0 Å². The number of benzene rings is 4. The highest BCUT2D eigenvalue weighted by Crippen LogP contribution is 2.31. The summed E-state index contributed by atoms with van der Waals surface area (Å²) in [6, 6.07) is 26.4. The lowest BCUT2D eigenvalue weighted by Gasteiger charge is -2.35. The van der Waals surface area contributed by atoms with E-state index < -0.39 is 28.5 Å². The molecule has 1 atom stereocenters. The zero-order valence-corrected chi connectivity index (χ0v) is 29.7. The quantitative estimate of drug-likeness (QED) is 0.159. The van der Waals surface area contributed by atoms with Crippen LogP contribution in [0.15, 0.2) is 102 Å². The molecular weight excluding hydrogens is 689 g/mol. The average molecular weight is 727 g/mol. The van der Waals surface area contributed by atoms with Gasteiger partial charge in [0.05, 0.1) is 20.6 Å². The van der Waals surface area contributed by atoms with E-state index in [0.29, 0.717) is 5.02 Å². The molecule has 0 unspecified atom stereocenters. The molecule has 0 aliphatic heterocycles. The molecule has 4 aromatic rings. The van der Waals surface area contributed by atoms with Gasteiger partial charge in [0.2, 0.25) is 11.8 Å². The van der Waals surface area contributed by atoms with Gasteiger partial charge in [0.15, 0.2) is 0 Å². The smallest absolute Gasteiger partial charge is 0.264 e. The Morgan fingerprint density at radius 3 is 2.12 bits per heavy atom. The molecule has 1 fully saturated rings. The van der Waals surface area contributed by atoms with Crippen LogP contribution < -0.4 is 9.62 Å². The first kappa shape index (κ1) is 35.7. The van der Waals surface area contributed by atoms with Gasteiger partial charge in [-0.15, -0.1) is 0 Å². The number of amides is 2. The lowest BCUT2D eigenvalue weighted by Crippen LogP contribution is -2.55. The summed E-state index contributed by atoms with van der Waals surface area (Å²) in [6.07, 6.45) is 5.15. The number of hydrogen-bond donors (Lipinski definition) is 1. The highest BCUT2D eigenvalue weighted by Gasteiger charge is 2.35. The van der Waals surface area contributed by atoms with E-state index in [0.717, 1.165) is 53.1 Å². The Hall–Kier alpha value is -3.56. The Kier molecular flexibility index (Phi) is 12.1. The highest BCUT2D eigenvalue weighted by atomic mass is 35.5. The normalized spacial score (nSPS) is 14.2. The summed E-state index contributed by atoms with van der Waals surface area (Å²) in [5.41, 5.74) is 2.64. The molecule has 0 spiro atoms. The average Bonchev–Trinajstić information content (AvgIpc) is 3.08. The molecule has 0 bridgehead atoms. The Balaban J connectivity index is 1.57. The van der Waals surface area contributed by atoms with Gasteiger partial charge in [0.25, 0.3) is 10.0 Å². The highest BCUT2D eigenvalue weighted by molar-refractivity contribution is 7.92. The topological polar surface area (TPSA) is 86.8 Å². The number of carbonyl (C=O) groups excluding carboxylic acids is 2. The van der Waals surface area contributed by atoms with E-state index in [2.05, 4.69) is 5.32 Å². The van der Waals surface area contributed by atoms with Crippen molar-refractivity contribution < 1.29 is 18.0 Å². The second-order valence-corrected chi connectivity index (χ2v) is 15.2. The molecule has 48 heavy (non-hydrogen) atoms. The van der Waals surface area contributed by atoms with Gasteiger partial charge in [-0.1, -0.05) is 114 Å². The maximum atomic E-state index is 14.7. The van der Waals surface area contributed by atoms with E-state index in [1.54, 1.807) is 36.4 Å². The molecule has 0 aromatic heterocycles. The third-order valence-electron chi connectivity index (χ3n) is 8.57. The van der Waals surface area contributed by atoms with Gasteiger partial charge in [-0.3, -0.25) is 13.9 Å². The van der Waals surface area contributed by atoms with Crippen LogP contribution in [0.1, 0.15) is 48.8 Å². The van der Waals surface area contributed by atoms with Crippen molar-refractivity contribution in [2.75, 3.05) is 10.8 Å². The first-order valence-corrected chi connectivity index (χ1v) is 18.5. The van der Waals surface area contributed by atoms with Gasteiger partial charge in [0.1, 0.15) is 12.6 Å². The maximum Gasteiger partial charge on any atom is 0.264 e. The third-order valence-corrected chi connectivity index (χ3v) is 11.3. The number of sulfonamides is 1.